The molecule has 46 heavy (non-hydrogen) atoms. The van der Waals surface area contributed by atoms with Gasteiger partial charge in [0, 0.05) is 9.79 Å². The van der Waals surface area contributed by atoms with Gasteiger partial charge in [-0.05, 0) is 89.5 Å². The second-order valence-corrected chi connectivity index (χ2v) is 13.8. The number of hydrogen-bond donors (Lipinski definition) is 3. The van der Waals surface area contributed by atoms with Gasteiger partial charge in [0.25, 0.3) is 10.1 Å². The normalized spacial score (nSPS) is 13.2. The van der Waals surface area contributed by atoms with Crippen LogP contribution in [0.1, 0.15) is 87.7 Å². The summed E-state index contributed by atoms with van der Waals surface area (Å²) in [4.78, 5) is 0.961. The Morgan fingerprint density at radius 1 is 0.804 bits per heavy atom. The Morgan fingerprint density at radius 3 is 2.28 bits per heavy atom. The summed E-state index contributed by atoms with van der Waals surface area (Å²) in [6.45, 7) is 4.92. The smallest absolute Gasteiger partial charge is 0.295 e. The summed E-state index contributed by atoms with van der Waals surface area (Å²) in [5.74, 6) is 0.743. The molecule has 0 amide bonds. The van der Waals surface area contributed by atoms with Crippen LogP contribution >= 0.6 is 11.8 Å². The van der Waals surface area contributed by atoms with Crippen LogP contribution in [0.25, 0.3) is 11.1 Å². The maximum absolute atomic E-state index is 12.6. The molecule has 0 spiro atoms. The maximum atomic E-state index is 12.6. The summed E-state index contributed by atoms with van der Waals surface area (Å²) in [6.07, 6.45) is 9.54. The summed E-state index contributed by atoms with van der Waals surface area (Å²) < 4.78 is 41.0. The fraction of sp³-hybridized carbons (Fsp3) is 0.316. The molecule has 2 atom stereocenters. The van der Waals surface area contributed by atoms with Crippen molar-refractivity contribution in [1.82, 2.24) is 0 Å². The zero-order chi connectivity index (χ0) is 32.9. The Balaban J connectivity index is 1.57. The number of hydrogen-bond acceptors (Lipinski definition) is 6. The lowest BCUT2D eigenvalue weighted by Gasteiger charge is -2.18. The highest BCUT2D eigenvalue weighted by Gasteiger charge is 2.21. The van der Waals surface area contributed by atoms with E-state index in [-0.39, 0.29) is 4.90 Å². The summed E-state index contributed by atoms with van der Waals surface area (Å²) in [5.41, 5.74) is 3.01. The van der Waals surface area contributed by atoms with E-state index in [1.165, 1.54) is 37.1 Å². The largest absolute Gasteiger partial charge is 0.494 e. The Bertz CT molecular complexity index is 1680. The van der Waals surface area contributed by atoms with E-state index in [2.05, 4.69) is 13.8 Å². The number of allylic oxidation sites excluding steroid dienone is 1. The van der Waals surface area contributed by atoms with Crippen LogP contribution in [-0.4, -0.2) is 29.8 Å². The molecule has 0 heterocycles. The SMILES string of the molecule is CCCCCC/C=C\C(O)c1cccc(C(O)c2ccccc2-c2ccc(Sc3ccc(OCCCC)cc3)c(S(=O)(=O)O)c2)c1. The van der Waals surface area contributed by atoms with Crippen LogP contribution in [0.2, 0.25) is 0 Å². The minimum atomic E-state index is -4.56. The predicted molar refractivity (Wildman–Crippen MR) is 186 cm³/mol. The molecule has 6 nitrogen and oxygen atoms in total. The van der Waals surface area contributed by atoms with Crippen LogP contribution in [0.5, 0.6) is 5.75 Å². The maximum Gasteiger partial charge on any atom is 0.295 e. The number of aliphatic hydroxyl groups excluding tert-OH is 2. The monoisotopic (exact) mass is 660 g/mol. The summed E-state index contributed by atoms with van der Waals surface area (Å²) in [6, 6.07) is 26.8. The van der Waals surface area contributed by atoms with E-state index < -0.39 is 22.3 Å². The highest BCUT2D eigenvalue weighted by molar-refractivity contribution is 8.00. The Kier molecular flexibility index (Phi) is 13.5. The molecular weight excluding hydrogens is 617 g/mol. The molecule has 4 aromatic carbocycles. The fourth-order valence-electron chi connectivity index (χ4n) is 5.14. The lowest BCUT2D eigenvalue weighted by molar-refractivity contribution is 0.217. The number of unbranched alkanes of at least 4 members (excludes halogenated alkanes) is 5. The molecule has 0 fully saturated rings. The van der Waals surface area contributed by atoms with E-state index in [1.54, 1.807) is 42.5 Å². The van der Waals surface area contributed by atoms with Gasteiger partial charge in [-0.2, -0.15) is 8.42 Å². The van der Waals surface area contributed by atoms with E-state index in [1.807, 2.05) is 54.6 Å². The first kappa shape index (κ1) is 35.5. The van der Waals surface area contributed by atoms with Gasteiger partial charge in [0.1, 0.15) is 16.7 Å². The third-order valence-corrected chi connectivity index (χ3v) is 9.82. The van der Waals surface area contributed by atoms with Crippen LogP contribution in [0.15, 0.2) is 118 Å². The quantitative estimate of drug-likeness (QED) is 0.0589. The van der Waals surface area contributed by atoms with Gasteiger partial charge in [0.2, 0.25) is 0 Å². The average molecular weight is 661 g/mol. The average Bonchev–Trinajstić information content (AvgIpc) is 3.06. The lowest BCUT2D eigenvalue weighted by Crippen LogP contribution is -2.05. The van der Waals surface area contributed by atoms with Crippen molar-refractivity contribution in [2.75, 3.05) is 6.61 Å². The highest BCUT2D eigenvalue weighted by Crippen LogP contribution is 2.39. The van der Waals surface area contributed by atoms with Crippen LogP contribution in [0.4, 0.5) is 0 Å². The molecule has 4 aromatic rings. The molecule has 0 radical (unpaired) electrons. The predicted octanol–water partition coefficient (Wildman–Crippen LogP) is 9.57. The van der Waals surface area contributed by atoms with Crippen molar-refractivity contribution < 1.29 is 27.9 Å². The third kappa shape index (κ3) is 10.0. The number of benzene rings is 4. The van der Waals surface area contributed by atoms with Crippen molar-refractivity contribution in [3.8, 4) is 16.9 Å². The molecular formula is C38H44O6S2. The van der Waals surface area contributed by atoms with E-state index in [0.717, 1.165) is 36.3 Å². The van der Waals surface area contributed by atoms with Gasteiger partial charge >= 0.3 is 0 Å². The van der Waals surface area contributed by atoms with E-state index in [9.17, 15) is 23.2 Å². The fourth-order valence-corrected chi connectivity index (χ4v) is 7.00. The molecule has 2 unspecified atom stereocenters. The Labute approximate surface area is 277 Å². The second-order valence-electron chi connectivity index (χ2n) is 11.3. The summed E-state index contributed by atoms with van der Waals surface area (Å²) in [5, 5.41) is 22.3. The first-order valence-electron chi connectivity index (χ1n) is 16.0. The van der Waals surface area contributed by atoms with E-state index >= 15 is 0 Å². The molecule has 0 saturated heterocycles. The molecule has 4 rings (SSSR count). The molecule has 0 aliphatic rings. The van der Waals surface area contributed by atoms with Crippen LogP contribution in [-0.2, 0) is 10.1 Å². The molecule has 0 saturated carbocycles. The standard InChI is InChI=1S/C38H44O6S2/c1-3-5-7-8-9-10-18-35(39)29-14-13-15-30(26-29)38(40)34-17-12-11-16-33(34)28-19-24-36(37(27-28)46(41,42)43)45-32-22-20-31(21-23-32)44-25-6-4-2/h10-24,26-27,35,38-40H,3-9,25H2,1-2H3,(H,41,42,43)/b18-10-. The van der Waals surface area contributed by atoms with E-state index in [0.29, 0.717) is 39.3 Å². The topological polar surface area (TPSA) is 104 Å². The zero-order valence-electron chi connectivity index (χ0n) is 26.5. The van der Waals surface area contributed by atoms with E-state index in [4.69, 9.17) is 4.74 Å². The van der Waals surface area contributed by atoms with Crippen molar-refractivity contribution in [3.05, 3.63) is 120 Å². The van der Waals surface area contributed by atoms with Gasteiger partial charge in [0.15, 0.2) is 0 Å². The number of rotatable bonds is 17. The first-order chi connectivity index (χ1) is 22.2. The van der Waals surface area contributed by atoms with Crippen molar-refractivity contribution >= 4 is 21.9 Å². The summed E-state index contributed by atoms with van der Waals surface area (Å²) >= 11 is 1.23. The van der Waals surface area contributed by atoms with Gasteiger partial charge in [-0.25, -0.2) is 0 Å². The molecule has 244 valence electrons. The molecule has 0 aliphatic carbocycles. The Morgan fingerprint density at radius 2 is 1.54 bits per heavy atom. The lowest BCUT2D eigenvalue weighted by atomic mass is 9.91. The van der Waals surface area contributed by atoms with Gasteiger partial charge in [-0.1, -0.05) is 112 Å². The summed E-state index contributed by atoms with van der Waals surface area (Å²) in [7, 11) is -4.56. The number of ether oxygens (including phenoxy) is 1. The van der Waals surface area contributed by atoms with Crippen molar-refractivity contribution in [3.63, 3.8) is 0 Å². The van der Waals surface area contributed by atoms with Crippen molar-refractivity contribution in [1.29, 1.82) is 0 Å². The van der Waals surface area contributed by atoms with Gasteiger partial charge in [0.05, 0.1) is 12.7 Å². The molecule has 0 aliphatic heterocycles. The molecule has 3 N–H and O–H groups in total. The molecule has 0 bridgehead atoms. The van der Waals surface area contributed by atoms with Crippen molar-refractivity contribution in [2.45, 2.75) is 85.7 Å². The number of aliphatic hydroxyl groups is 2. The molecule has 0 aromatic heterocycles. The van der Waals surface area contributed by atoms with Crippen LogP contribution in [0, 0.1) is 0 Å². The minimum absolute atomic E-state index is 0.214. The van der Waals surface area contributed by atoms with Crippen LogP contribution < -0.4 is 4.74 Å². The third-order valence-electron chi connectivity index (χ3n) is 7.72. The molecule has 8 heteroatoms. The van der Waals surface area contributed by atoms with Gasteiger partial charge < -0.3 is 14.9 Å². The highest BCUT2D eigenvalue weighted by atomic mass is 32.2. The first-order valence-corrected chi connectivity index (χ1v) is 18.2. The van der Waals surface area contributed by atoms with Crippen LogP contribution in [0.3, 0.4) is 0 Å². The van der Waals surface area contributed by atoms with Crippen molar-refractivity contribution in [2.24, 2.45) is 0 Å². The second kappa shape index (κ2) is 17.5. The minimum Gasteiger partial charge on any atom is -0.494 e. The van der Waals surface area contributed by atoms with Gasteiger partial charge in [-0.3, -0.25) is 4.55 Å². The Hall–Kier alpha value is -3.40. The van der Waals surface area contributed by atoms with Gasteiger partial charge in [-0.15, -0.1) is 0 Å². The zero-order valence-corrected chi connectivity index (χ0v) is 28.1.